The lowest BCUT2D eigenvalue weighted by Gasteiger charge is -2.31. The molecule has 1 aliphatic rings. The van der Waals surface area contributed by atoms with E-state index in [4.69, 9.17) is 4.74 Å². The van der Waals surface area contributed by atoms with E-state index in [1.54, 1.807) is 7.11 Å². The highest BCUT2D eigenvalue weighted by molar-refractivity contribution is 7.78. The number of benzene rings is 1. The van der Waals surface area contributed by atoms with E-state index in [0.29, 0.717) is 6.04 Å². The Morgan fingerprint density at radius 2 is 1.95 bits per heavy atom. The second-order valence-corrected chi connectivity index (χ2v) is 5.45. The summed E-state index contributed by atoms with van der Waals surface area (Å²) >= 11 is 4.15. The average Bonchev–Trinajstić information content (AvgIpc) is 2.49. The predicted octanol–water partition coefficient (Wildman–Crippen LogP) is 2.53. The normalized spacial score (nSPS) is 17.6. The van der Waals surface area contributed by atoms with Gasteiger partial charge in [-0.1, -0.05) is 24.9 Å². The number of rotatable bonds is 6. The van der Waals surface area contributed by atoms with Crippen molar-refractivity contribution in [2.75, 3.05) is 26.7 Å². The molecule has 0 spiro atoms. The van der Waals surface area contributed by atoms with E-state index in [-0.39, 0.29) is 0 Å². The molecule has 106 valence electrons. The minimum absolute atomic E-state index is 0.598. The van der Waals surface area contributed by atoms with Crippen molar-refractivity contribution in [3.63, 3.8) is 0 Å². The molecule has 0 saturated carbocycles. The van der Waals surface area contributed by atoms with Gasteiger partial charge in [0.1, 0.15) is 5.75 Å². The van der Waals surface area contributed by atoms with Crippen LogP contribution < -0.4 is 9.46 Å². The molecular weight excluding hydrogens is 256 g/mol. The summed E-state index contributed by atoms with van der Waals surface area (Å²) in [6.45, 7) is 3.59. The first-order valence-electron chi connectivity index (χ1n) is 7.06. The minimum atomic E-state index is 0.598. The molecule has 1 fully saturated rings. The van der Waals surface area contributed by atoms with Crippen molar-refractivity contribution >= 4 is 12.8 Å². The third-order valence-electron chi connectivity index (χ3n) is 3.87. The molecule has 4 heteroatoms. The van der Waals surface area contributed by atoms with Crippen molar-refractivity contribution < 1.29 is 4.74 Å². The van der Waals surface area contributed by atoms with Crippen molar-refractivity contribution in [2.45, 2.75) is 31.7 Å². The Hall–Kier alpha value is -0.710. The molecule has 1 saturated heterocycles. The van der Waals surface area contributed by atoms with Crippen LogP contribution in [0.4, 0.5) is 0 Å². The maximum absolute atomic E-state index is 5.17. The van der Waals surface area contributed by atoms with Crippen molar-refractivity contribution in [3.05, 3.63) is 29.8 Å². The molecule has 1 heterocycles. The number of nitrogens with one attached hydrogen (secondary N) is 1. The highest BCUT2D eigenvalue weighted by atomic mass is 32.1. The van der Waals surface area contributed by atoms with E-state index < -0.39 is 0 Å². The van der Waals surface area contributed by atoms with Gasteiger partial charge >= 0.3 is 0 Å². The van der Waals surface area contributed by atoms with Crippen LogP contribution in [0.25, 0.3) is 0 Å². The topological polar surface area (TPSA) is 24.5 Å². The fourth-order valence-electron chi connectivity index (χ4n) is 2.58. The summed E-state index contributed by atoms with van der Waals surface area (Å²) in [5, 5.41) is 0. The van der Waals surface area contributed by atoms with Crippen LogP contribution in [0.3, 0.4) is 0 Å². The van der Waals surface area contributed by atoms with Gasteiger partial charge in [0.15, 0.2) is 0 Å². The van der Waals surface area contributed by atoms with Gasteiger partial charge in [0.25, 0.3) is 0 Å². The highest BCUT2D eigenvalue weighted by Crippen LogP contribution is 2.14. The molecule has 1 aromatic rings. The van der Waals surface area contributed by atoms with E-state index in [0.717, 1.165) is 12.2 Å². The number of ether oxygens (including phenoxy) is 1. The van der Waals surface area contributed by atoms with Crippen LogP contribution in [0.1, 0.15) is 24.8 Å². The number of hydrogen-bond donors (Lipinski definition) is 2. The molecule has 0 aromatic heterocycles. The van der Waals surface area contributed by atoms with Crippen molar-refractivity contribution in [3.8, 4) is 5.75 Å². The monoisotopic (exact) mass is 280 g/mol. The molecule has 1 aliphatic heterocycles. The summed E-state index contributed by atoms with van der Waals surface area (Å²) in [5.41, 5.74) is 1.40. The van der Waals surface area contributed by atoms with Crippen LogP contribution >= 0.6 is 12.8 Å². The summed E-state index contributed by atoms with van der Waals surface area (Å²) in [6.07, 6.45) is 4.80. The Bertz CT molecular complexity index is 361. The lowest BCUT2D eigenvalue weighted by Crippen LogP contribution is -2.40. The molecule has 2 rings (SSSR count). The molecule has 0 aliphatic carbocycles. The summed E-state index contributed by atoms with van der Waals surface area (Å²) in [5.74, 6) is 0.935. The van der Waals surface area contributed by atoms with E-state index in [1.165, 1.54) is 44.5 Å². The number of aryl methyl sites for hydroxylation is 1. The van der Waals surface area contributed by atoms with Gasteiger partial charge < -0.3 is 9.64 Å². The van der Waals surface area contributed by atoms with Gasteiger partial charge in [0.2, 0.25) is 0 Å². The second-order valence-electron chi connectivity index (χ2n) is 5.20. The van der Waals surface area contributed by atoms with E-state index >= 15 is 0 Å². The molecule has 3 nitrogen and oxygen atoms in total. The molecule has 0 radical (unpaired) electrons. The third-order valence-corrected chi connectivity index (χ3v) is 4.23. The van der Waals surface area contributed by atoms with Crippen molar-refractivity contribution in [1.29, 1.82) is 0 Å². The van der Waals surface area contributed by atoms with Gasteiger partial charge in [-0.15, -0.1) is 0 Å². The quantitative estimate of drug-likeness (QED) is 0.783. The maximum atomic E-state index is 5.17. The van der Waals surface area contributed by atoms with Gasteiger partial charge in [-0.05, 0) is 63.0 Å². The number of piperidine rings is 1. The summed E-state index contributed by atoms with van der Waals surface area (Å²) < 4.78 is 8.24. The van der Waals surface area contributed by atoms with Crippen LogP contribution in [0.5, 0.6) is 5.75 Å². The second kappa shape index (κ2) is 7.78. The molecule has 0 bridgehead atoms. The molecule has 1 N–H and O–H groups in total. The first-order chi connectivity index (χ1) is 9.31. The zero-order chi connectivity index (χ0) is 13.5. The molecule has 0 atom stereocenters. The van der Waals surface area contributed by atoms with E-state index in [1.807, 2.05) is 12.1 Å². The Labute approximate surface area is 121 Å². The number of thiol groups is 1. The summed E-state index contributed by atoms with van der Waals surface area (Å²) in [4.78, 5) is 2.56. The zero-order valence-corrected chi connectivity index (χ0v) is 12.5. The molecule has 19 heavy (non-hydrogen) atoms. The van der Waals surface area contributed by atoms with Crippen LogP contribution in [0, 0.1) is 0 Å². The molecule has 1 aromatic carbocycles. The fourth-order valence-corrected chi connectivity index (χ4v) is 2.84. The van der Waals surface area contributed by atoms with Gasteiger partial charge in [-0.25, -0.2) is 0 Å². The molecule has 0 amide bonds. The van der Waals surface area contributed by atoms with E-state index in [9.17, 15) is 0 Å². The average molecular weight is 280 g/mol. The standard InChI is InChI=1S/C15H24N2OS/c1-18-15-6-4-13(5-7-15)3-2-10-17-11-8-14(16-19)9-12-17/h4-7,14,16,19H,2-3,8-12H2,1H3. The SMILES string of the molecule is COc1ccc(CCCN2CCC(NS)CC2)cc1. The number of hydrogen-bond acceptors (Lipinski definition) is 4. The molecule has 0 unspecified atom stereocenters. The first-order valence-corrected chi connectivity index (χ1v) is 7.51. The Balaban J connectivity index is 1.66. The minimum Gasteiger partial charge on any atom is -0.497 e. The van der Waals surface area contributed by atoms with Crippen molar-refractivity contribution in [2.24, 2.45) is 0 Å². The van der Waals surface area contributed by atoms with Crippen LogP contribution in [-0.4, -0.2) is 37.7 Å². The predicted molar refractivity (Wildman–Crippen MR) is 82.9 cm³/mol. The number of methoxy groups -OCH3 is 1. The first kappa shape index (κ1) is 14.7. The van der Waals surface area contributed by atoms with Gasteiger partial charge in [0.05, 0.1) is 7.11 Å². The van der Waals surface area contributed by atoms with Gasteiger partial charge in [0, 0.05) is 6.04 Å². The number of likely N-dealkylation sites (tertiary alicyclic amines) is 1. The number of nitrogens with zero attached hydrogens (tertiary/aromatic N) is 1. The largest absolute Gasteiger partial charge is 0.497 e. The van der Waals surface area contributed by atoms with Crippen LogP contribution in [0.2, 0.25) is 0 Å². The lowest BCUT2D eigenvalue weighted by atomic mass is 10.0. The van der Waals surface area contributed by atoms with Gasteiger partial charge in [-0.2, -0.15) is 0 Å². The summed E-state index contributed by atoms with van der Waals surface area (Å²) in [6, 6.07) is 9.01. The van der Waals surface area contributed by atoms with Crippen LogP contribution in [-0.2, 0) is 6.42 Å². The van der Waals surface area contributed by atoms with Crippen molar-refractivity contribution in [1.82, 2.24) is 9.62 Å². The Morgan fingerprint density at radius 1 is 1.26 bits per heavy atom. The molecular formula is C15H24N2OS. The van der Waals surface area contributed by atoms with Crippen LogP contribution in [0.15, 0.2) is 24.3 Å². The fraction of sp³-hybridized carbons (Fsp3) is 0.600. The highest BCUT2D eigenvalue weighted by Gasteiger charge is 2.17. The maximum Gasteiger partial charge on any atom is 0.118 e. The van der Waals surface area contributed by atoms with Gasteiger partial charge in [-0.3, -0.25) is 4.72 Å². The smallest absolute Gasteiger partial charge is 0.118 e. The van der Waals surface area contributed by atoms with E-state index in [2.05, 4.69) is 34.6 Å². The lowest BCUT2D eigenvalue weighted by molar-refractivity contribution is 0.207. The third kappa shape index (κ3) is 4.71. The zero-order valence-electron chi connectivity index (χ0n) is 11.6. The Kier molecular flexibility index (Phi) is 6.01. The Morgan fingerprint density at radius 3 is 2.53 bits per heavy atom. The summed E-state index contributed by atoms with van der Waals surface area (Å²) in [7, 11) is 1.71.